The van der Waals surface area contributed by atoms with Gasteiger partial charge in [0.2, 0.25) is 5.88 Å². The third-order valence-electron chi connectivity index (χ3n) is 4.31. The number of hydrogen-bond acceptors (Lipinski definition) is 7. The van der Waals surface area contributed by atoms with E-state index in [0.717, 1.165) is 21.7 Å². The van der Waals surface area contributed by atoms with Crippen LogP contribution >= 0.6 is 11.3 Å². The maximum absolute atomic E-state index is 12.2. The van der Waals surface area contributed by atoms with Gasteiger partial charge in [-0.3, -0.25) is 9.36 Å². The number of fused-ring (bicyclic) bond motifs is 2. The van der Waals surface area contributed by atoms with Crippen LogP contribution in [0.25, 0.3) is 27.6 Å². The van der Waals surface area contributed by atoms with E-state index in [9.17, 15) is 4.79 Å². The molecule has 1 aliphatic rings. The summed E-state index contributed by atoms with van der Waals surface area (Å²) in [5, 5.41) is 6.45. The average molecular weight is 378 g/mol. The molecule has 3 aromatic heterocycles. The standard InChI is InChI=1S/C18H14N6O2S/c19-14-13-16(25)20-5-7-26-17(13)23-15(22-14)12-9-10-3-1-2-4-11(10)24(12)18-21-6-8-27-18/h1-4,6,8-9H,5,7H2,(H,20,25)(H2,19,22,23). The molecular weight excluding hydrogens is 364 g/mol. The molecule has 0 radical (unpaired) electrons. The molecule has 0 atom stereocenters. The highest BCUT2D eigenvalue weighted by atomic mass is 32.1. The number of ether oxygens (including phenoxy) is 1. The monoisotopic (exact) mass is 378 g/mol. The van der Waals surface area contributed by atoms with Crippen molar-refractivity contribution >= 4 is 34.0 Å². The highest BCUT2D eigenvalue weighted by molar-refractivity contribution is 7.12. The minimum absolute atomic E-state index is 0.0883. The summed E-state index contributed by atoms with van der Waals surface area (Å²) >= 11 is 1.51. The first-order valence-electron chi connectivity index (χ1n) is 8.31. The Bertz CT molecular complexity index is 1170. The zero-order valence-electron chi connectivity index (χ0n) is 14.0. The Morgan fingerprint density at radius 3 is 3.00 bits per heavy atom. The predicted molar refractivity (Wildman–Crippen MR) is 102 cm³/mol. The van der Waals surface area contributed by atoms with Crippen LogP contribution in [0.5, 0.6) is 5.88 Å². The van der Waals surface area contributed by atoms with E-state index in [1.807, 2.05) is 40.3 Å². The normalized spacial score (nSPS) is 13.7. The summed E-state index contributed by atoms with van der Waals surface area (Å²) in [5.41, 5.74) is 7.98. The van der Waals surface area contributed by atoms with Crippen LogP contribution in [-0.2, 0) is 0 Å². The summed E-state index contributed by atoms with van der Waals surface area (Å²) in [6, 6.07) is 9.94. The van der Waals surface area contributed by atoms with E-state index in [1.54, 1.807) is 6.20 Å². The highest BCUT2D eigenvalue weighted by Crippen LogP contribution is 2.33. The second-order valence-electron chi connectivity index (χ2n) is 5.96. The predicted octanol–water partition coefficient (Wildman–Crippen LogP) is 2.25. The lowest BCUT2D eigenvalue weighted by Gasteiger charge is -2.11. The molecule has 1 amide bonds. The molecule has 27 heavy (non-hydrogen) atoms. The topological polar surface area (TPSA) is 108 Å². The number of aromatic nitrogens is 4. The van der Waals surface area contributed by atoms with Crippen LogP contribution in [0.4, 0.5) is 5.82 Å². The second-order valence-corrected chi connectivity index (χ2v) is 6.83. The van der Waals surface area contributed by atoms with Crippen molar-refractivity contribution < 1.29 is 9.53 Å². The van der Waals surface area contributed by atoms with Gasteiger partial charge in [0.05, 0.1) is 17.8 Å². The van der Waals surface area contributed by atoms with Crippen molar-refractivity contribution in [2.24, 2.45) is 0 Å². The van der Waals surface area contributed by atoms with Crippen molar-refractivity contribution in [2.75, 3.05) is 18.9 Å². The van der Waals surface area contributed by atoms with E-state index in [1.165, 1.54) is 11.3 Å². The molecule has 4 heterocycles. The number of thiazole rings is 1. The van der Waals surface area contributed by atoms with Crippen LogP contribution in [0.3, 0.4) is 0 Å². The molecule has 0 fully saturated rings. The molecule has 1 aromatic carbocycles. The van der Waals surface area contributed by atoms with Gasteiger partial charge < -0.3 is 15.8 Å². The number of carbonyl (C=O) groups is 1. The third-order valence-corrected chi connectivity index (χ3v) is 5.06. The van der Waals surface area contributed by atoms with Gasteiger partial charge in [-0.05, 0) is 12.1 Å². The smallest absolute Gasteiger partial charge is 0.260 e. The Labute approximate surface area is 157 Å². The number of rotatable bonds is 2. The third kappa shape index (κ3) is 2.51. The van der Waals surface area contributed by atoms with Crippen molar-refractivity contribution in [1.29, 1.82) is 0 Å². The van der Waals surface area contributed by atoms with Gasteiger partial charge in [0.15, 0.2) is 11.0 Å². The zero-order valence-corrected chi connectivity index (χ0v) is 14.9. The SMILES string of the molecule is Nc1nc(-c2cc3ccccc3n2-c2nccs2)nc2c1C(=O)NCCO2. The Hall–Kier alpha value is -3.46. The Morgan fingerprint density at radius 1 is 1.26 bits per heavy atom. The summed E-state index contributed by atoms with van der Waals surface area (Å²) in [5.74, 6) is 0.341. The molecule has 134 valence electrons. The first-order chi connectivity index (χ1) is 13.2. The van der Waals surface area contributed by atoms with Crippen molar-refractivity contribution in [3.8, 4) is 22.5 Å². The van der Waals surface area contributed by atoms with Gasteiger partial charge in [-0.15, -0.1) is 11.3 Å². The maximum Gasteiger partial charge on any atom is 0.260 e. The van der Waals surface area contributed by atoms with Gasteiger partial charge in [0, 0.05) is 17.0 Å². The van der Waals surface area contributed by atoms with E-state index >= 15 is 0 Å². The minimum Gasteiger partial charge on any atom is -0.475 e. The number of nitrogen functional groups attached to an aromatic ring is 1. The lowest BCUT2D eigenvalue weighted by atomic mass is 10.2. The van der Waals surface area contributed by atoms with E-state index in [0.29, 0.717) is 19.0 Å². The molecule has 4 aromatic rings. The molecule has 9 heteroatoms. The summed E-state index contributed by atoms with van der Waals surface area (Å²) in [4.78, 5) is 25.5. The number of benzene rings is 1. The molecule has 0 bridgehead atoms. The van der Waals surface area contributed by atoms with Gasteiger partial charge in [0.1, 0.15) is 18.0 Å². The highest BCUT2D eigenvalue weighted by Gasteiger charge is 2.25. The molecule has 0 unspecified atom stereocenters. The van der Waals surface area contributed by atoms with Crippen molar-refractivity contribution in [3.05, 3.63) is 47.5 Å². The summed E-state index contributed by atoms with van der Waals surface area (Å²) in [6.07, 6.45) is 1.75. The van der Waals surface area contributed by atoms with Crippen LogP contribution in [0, 0.1) is 0 Å². The second kappa shape index (κ2) is 6.06. The van der Waals surface area contributed by atoms with Gasteiger partial charge in [-0.25, -0.2) is 9.97 Å². The van der Waals surface area contributed by atoms with Gasteiger partial charge >= 0.3 is 0 Å². The molecule has 0 saturated heterocycles. The van der Waals surface area contributed by atoms with Gasteiger partial charge in [0.25, 0.3) is 5.91 Å². The summed E-state index contributed by atoms with van der Waals surface area (Å²) in [7, 11) is 0. The summed E-state index contributed by atoms with van der Waals surface area (Å²) < 4.78 is 7.61. The lowest BCUT2D eigenvalue weighted by Crippen LogP contribution is -2.25. The molecule has 0 aliphatic carbocycles. The number of nitrogens with one attached hydrogen (secondary N) is 1. The first kappa shape index (κ1) is 15.8. The first-order valence-corrected chi connectivity index (χ1v) is 9.19. The molecule has 5 rings (SSSR count). The van der Waals surface area contributed by atoms with Crippen LogP contribution in [0.1, 0.15) is 10.4 Å². The fourth-order valence-corrected chi connectivity index (χ4v) is 3.81. The average Bonchev–Trinajstić information content (AvgIpc) is 3.27. The zero-order chi connectivity index (χ0) is 18.4. The van der Waals surface area contributed by atoms with Crippen LogP contribution in [-0.4, -0.2) is 38.6 Å². The number of carbonyl (C=O) groups excluding carboxylic acids is 1. The Morgan fingerprint density at radius 2 is 2.15 bits per heavy atom. The quantitative estimate of drug-likeness (QED) is 0.554. The number of anilines is 1. The largest absolute Gasteiger partial charge is 0.475 e. The fourth-order valence-electron chi connectivity index (χ4n) is 3.14. The van der Waals surface area contributed by atoms with E-state index in [2.05, 4.69) is 20.3 Å². The van der Waals surface area contributed by atoms with Crippen LogP contribution in [0.15, 0.2) is 41.9 Å². The molecule has 0 spiro atoms. The summed E-state index contributed by atoms with van der Waals surface area (Å²) in [6.45, 7) is 0.716. The van der Waals surface area contributed by atoms with Crippen molar-refractivity contribution in [1.82, 2.24) is 24.8 Å². The number of amides is 1. The van der Waals surface area contributed by atoms with Gasteiger partial charge in [-0.1, -0.05) is 18.2 Å². The minimum atomic E-state index is -0.327. The number of hydrogen-bond donors (Lipinski definition) is 2. The fraction of sp³-hybridized carbons (Fsp3) is 0.111. The van der Waals surface area contributed by atoms with Crippen LogP contribution < -0.4 is 15.8 Å². The number of nitrogens with two attached hydrogens (primary N) is 1. The van der Waals surface area contributed by atoms with Crippen LogP contribution in [0.2, 0.25) is 0 Å². The molecule has 1 aliphatic heterocycles. The molecular formula is C18H14N6O2S. The van der Waals surface area contributed by atoms with Gasteiger partial charge in [-0.2, -0.15) is 4.98 Å². The lowest BCUT2D eigenvalue weighted by molar-refractivity contribution is 0.0957. The Balaban J connectivity index is 1.78. The maximum atomic E-state index is 12.2. The van der Waals surface area contributed by atoms with E-state index in [-0.39, 0.29) is 23.2 Å². The number of nitrogens with zero attached hydrogens (tertiary/aromatic N) is 4. The van der Waals surface area contributed by atoms with Crippen molar-refractivity contribution in [3.63, 3.8) is 0 Å². The Kier molecular flexibility index (Phi) is 3.54. The molecule has 3 N–H and O–H groups in total. The van der Waals surface area contributed by atoms with E-state index < -0.39 is 0 Å². The molecule has 8 nitrogen and oxygen atoms in total. The molecule has 0 saturated carbocycles. The van der Waals surface area contributed by atoms with Crippen molar-refractivity contribution in [2.45, 2.75) is 0 Å². The number of para-hydroxylation sites is 1. The van der Waals surface area contributed by atoms with E-state index in [4.69, 9.17) is 10.5 Å².